The summed E-state index contributed by atoms with van der Waals surface area (Å²) in [4.78, 5) is 3.92. The van der Waals surface area contributed by atoms with Crippen molar-refractivity contribution in [2.45, 2.75) is 32.9 Å². The van der Waals surface area contributed by atoms with E-state index in [-0.39, 0.29) is 0 Å². The van der Waals surface area contributed by atoms with Gasteiger partial charge < -0.3 is 5.32 Å². The van der Waals surface area contributed by atoms with Crippen molar-refractivity contribution in [3.63, 3.8) is 0 Å². The first-order valence-electron chi connectivity index (χ1n) is 4.84. The largest absolute Gasteiger partial charge is 0.310 e. The van der Waals surface area contributed by atoms with Crippen molar-refractivity contribution in [3.05, 3.63) is 29.6 Å². The van der Waals surface area contributed by atoms with Gasteiger partial charge in [-0.25, -0.2) is 4.98 Å². The van der Waals surface area contributed by atoms with Gasteiger partial charge in [-0.2, -0.15) is 5.26 Å². The summed E-state index contributed by atoms with van der Waals surface area (Å²) in [7, 11) is 0. The fourth-order valence-corrected chi connectivity index (χ4v) is 1.08. The zero-order valence-corrected chi connectivity index (χ0v) is 8.62. The number of hydrogen-bond donors (Lipinski definition) is 1. The molecule has 1 unspecified atom stereocenters. The highest BCUT2D eigenvalue weighted by Crippen LogP contribution is 2.01. The van der Waals surface area contributed by atoms with Gasteiger partial charge in [0.15, 0.2) is 0 Å². The third-order valence-corrected chi connectivity index (χ3v) is 2.21. The molecule has 0 radical (unpaired) electrons. The van der Waals surface area contributed by atoms with Crippen LogP contribution in [0.4, 0.5) is 0 Å². The minimum absolute atomic E-state index is 0.480. The van der Waals surface area contributed by atoms with Crippen LogP contribution < -0.4 is 5.32 Å². The van der Waals surface area contributed by atoms with Crippen molar-refractivity contribution in [3.8, 4) is 6.07 Å². The standard InChI is InChI=1S/C11H15N3/c1-3-9(2)14-8-10-4-5-13-11(6-10)7-12/h4-6,9,14H,3,8H2,1-2H3. The van der Waals surface area contributed by atoms with Crippen LogP contribution in [0.3, 0.4) is 0 Å². The molecular formula is C11H15N3. The Balaban J connectivity index is 2.55. The molecule has 0 bridgehead atoms. The van der Waals surface area contributed by atoms with Gasteiger partial charge in [0.1, 0.15) is 11.8 Å². The average Bonchev–Trinajstić information content (AvgIpc) is 2.26. The molecular weight excluding hydrogens is 174 g/mol. The molecule has 74 valence electrons. The Labute approximate surface area is 84.8 Å². The van der Waals surface area contributed by atoms with E-state index >= 15 is 0 Å². The van der Waals surface area contributed by atoms with Crippen molar-refractivity contribution in [2.24, 2.45) is 0 Å². The molecule has 0 aliphatic rings. The van der Waals surface area contributed by atoms with Gasteiger partial charge in [-0.3, -0.25) is 0 Å². The maximum Gasteiger partial charge on any atom is 0.140 e. The van der Waals surface area contributed by atoms with Gasteiger partial charge in [0, 0.05) is 18.8 Å². The fourth-order valence-electron chi connectivity index (χ4n) is 1.08. The Hall–Kier alpha value is -1.40. The van der Waals surface area contributed by atoms with Crippen LogP contribution in [0, 0.1) is 11.3 Å². The molecule has 0 aliphatic heterocycles. The Kier molecular flexibility index (Phi) is 4.09. The number of hydrogen-bond acceptors (Lipinski definition) is 3. The molecule has 1 aromatic heterocycles. The van der Waals surface area contributed by atoms with Gasteiger partial charge in [0.2, 0.25) is 0 Å². The lowest BCUT2D eigenvalue weighted by molar-refractivity contribution is 0.534. The number of pyridine rings is 1. The van der Waals surface area contributed by atoms with Crippen molar-refractivity contribution < 1.29 is 0 Å². The minimum atomic E-state index is 0.480. The second kappa shape index (κ2) is 5.36. The van der Waals surface area contributed by atoms with Crippen LogP contribution in [0.1, 0.15) is 31.5 Å². The third kappa shape index (κ3) is 3.15. The molecule has 1 atom stereocenters. The molecule has 0 amide bonds. The molecule has 0 spiro atoms. The van der Waals surface area contributed by atoms with E-state index in [9.17, 15) is 0 Å². The first-order chi connectivity index (χ1) is 6.76. The topological polar surface area (TPSA) is 48.7 Å². The maximum atomic E-state index is 8.65. The highest BCUT2D eigenvalue weighted by molar-refractivity contribution is 5.25. The normalized spacial score (nSPS) is 12.1. The quantitative estimate of drug-likeness (QED) is 0.786. The van der Waals surface area contributed by atoms with E-state index in [1.54, 1.807) is 6.20 Å². The molecule has 0 fully saturated rings. The van der Waals surface area contributed by atoms with Gasteiger partial charge in [-0.05, 0) is 31.0 Å². The predicted octanol–water partition coefficient (Wildman–Crippen LogP) is 1.84. The van der Waals surface area contributed by atoms with Crippen molar-refractivity contribution in [1.29, 1.82) is 5.26 Å². The third-order valence-electron chi connectivity index (χ3n) is 2.21. The molecule has 0 saturated heterocycles. The van der Waals surface area contributed by atoms with Crippen molar-refractivity contribution >= 4 is 0 Å². The lowest BCUT2D eigenvalue weighted by atomic mass is 10.2. The van der Waals surface area contributed by atoms with Gasteiger partial charge in [0.25, 0.3) is 0 Å². The summed E-state index contributed by atoms with van der Waals surface area (Å²) in [6.45, 7) is 5.09. The summed E-state index contributed by atoms with van der Waals surface area (Å²) in [5.74, 6) is 0. The van der Waals surface area contributed by atoms with E-state index in [0.717, 1.165) is 18.5 Å². The van der Waals surface area contributed by atoms with Gasteiger partial charge in [-0.1, -0.05) is 6.92 Å². The van der Waals surface area contributed by atoms with Crippen molar-refractivity contribution in [2.75, 3.05) is 0 Å². The average molecular weight is 189 g/mol. The predicted molar refractivity (Wildman–Crippen MR) is 55.5 cm³/mol. The van der Waals surface area contributed by atoms with Crippen LogP contribution in [0.15, 0.2) is 18.3 Å². The second-order valence-corrected chi connectivity index (χ2v) is 3.35. The van der Waals surface area contributed by atoms with Crippen LogP contribution in [-0.2, 0) is 6.54 Å². The lowest BCUT2D eigenvalue weighted by Gasteiger charge is -2.10. The Morgan fingerprint density at radius 1 is 1.64 bits per heavy atom. The van der Waals surface area contributed by atoms with Crippen LogP contribution in [0.5, 0.6) is 0 Å². The Morgan fingerprint density at radius 2 is 2.43 bits per heavy atom. The molecule has 1 aromatic rings. The smallest absolute Gasteiger partial charge is 0.140 e. The highest BCUT2D eigenvalue weighted by atomic mass is 14.9. The van der Waals surface area contributed by atoms with E-state index in [4.69, 9.17) is 5.26 Å². The maximum absolute atomic E-state index is 8.65. The van der Waals surface area contributed by atoms with Crippen LogP contribution in [0.25, 0.3) is 0 Å². The summed E-state index contributed by atoms with van der Waals surface area (Å²) in [6, 6.07) is 6.28. The molecule has 0 aliphatic carbocycles. The number of nitriles is 1. The first kappa shape index (κ1) is 10.7. The second-order valence-electron chi connectivity index (χ2n) is 3.35. The van der Waals surface area contributed by atoms with E-state index in [0.29, 0.717) is 11.7 Å². The Bertz CT molecular complexity index is 328. The number of aromatic nitrogens is 1. The van der Waals surface area contributed by atoms with Crippen molar-refractivity contribution in [1.82, 2.24) is 10.3 Å². The molecule has 14 heavy (non-hydrogen) atoms. The van der Waals surface area contributed by atoms with E-state index in [2.05, 4.69) is 24.1 Å². The van der Waals surface area contributed by atoms with E-state index in [1.807, 2.05) is 18.2 Å². The van der Waals surface area contributed by atoms with Crippen LogP contribution in [-0.4, -0.2) is 11.0 Å². The summed E-state index contributed by atoms with van der Waals surface area (Å²) >= 11 is 0. The van der Waals surface area contributed by atoms with Crippen LogP contribution >= 0.6 is 0 Å². The summed E-state index contributed by atoms with van der Waals surface area (Å²) in [5.41, 5.74) is 1.59. The summed E-state index contributed by atoms with van der Waals surface area (Å²) < 4.78 is 0. The van der Waals surface area contributed by atoms with Gasteiger partial charge in [-0.15, -0.1) is 0 Å². The molecule has 1 rings (SSSR count). The zero-order valence-electron chi connectivity index (χ0n) is 8.62. The van der Waals surface area contributed by atoms with Gasteiger partial charge >= 0.3 is 0 Å². The monoisotopic (exact) mass is 189 g/mol. The van der Waals surface area contributed by atoms with E-state index < -0.39 is 0 Å². The fraction of sp³-hybridized carbons (Fsp3) is 0.455. The first-order valence-corrected chi connectivity index (χ1v) is 4.84. The number of nitrogens with one attached hydrogen (secondary N) is 1. The zero-order chi connectivity index (χ0) is 10.4. The molecule has 3 heteroatoms. The molecule has 0 aromatic carbocycles. The Morgan fingerprint density at radius 3 is 3.07 bits per heavy atom. The molecule has 3 nitrogen and oxygen atoms in total. The SMILES string of the molecule is CCC(C)NCc1ccnc(C#N)c1. The number of nitrogens with zero attached hydrogens (tertiary/aromatic N) is 2. The molecule has 0 saturated carbocycles. The highest BCUT2D eigenvalue weighted by Gasteiger charge is 1.99. The number of rotatable bonds is 4. The lowest BCUT2D eigenvalue weighted by Crippen LogP contribution is -2.24. The minimum Gasteiger partial charge on any atom is -0.310 e. The van der Waals surface area contributed by atoms with Crippen LogP contribution in [0.2, 0.25) is 0 Å². The van der Waals surface area contributed by atoms with E-state index in [1.165, 1.54) is 0 Å². The molecule has 1 heterocycles. The summed E-state index contributed by atoms with van der Waals surface area (Å²) in [5, 5.41) is 12.0. The summed E-state index contributed by atoms with van der Waals surface area (Å²) in [6.07, 6.45) is 2.78. The molecule has 1 N–H and O–H groups in total. The van der Waals surface area contributed by atoms with Gasteiger partial charge in [0.05, 0.1) is 0 Å².